The Bertz CT molecular complexity index is 791. The highest BCUT2D eigenvalue weighted by atomic mass is 35.5. The van der Waals surface area contributed by atoms with Crippen LogP contribution in [0.1, 0.15) is 42.2 Å². The molecule has 144 valence electrons. The molecular formula is C20H22ClNO5. The topological polar surface area (TPSA) is 84.9 Å². The summed E-state index contributed by atoms with van der Waals surface area (Å²) in [5.74, 6) is -0.402. The minimum absolute atomic E-state index is 0.247. The molecule has 2 rings (SSSR count). The van der Waals surface area contributed by atoms with Crippen LogP contribution in [0.15, 0.2) is 42.5 Å². The maximum absolute atomic E-state index is 12.7. The monoisotopic (exact) mass is 391 g/mol. The summed E-state index contributed by atoms with van der Waals surface area (Å²) in [5.41, 5.74) is 1.01. The van der Waals surface area contributed by atoms with Gasteiger partial charge in [0.1, 0.15) is 0 Å². The SMILES string of the molecule is CCOc1ccc(C(=O)N[C@H](CC(=O)O)c2ccc(Cl)cc2)cc1OCC. The molecule has 27 heavy (non-hydrogen) atoms. The first-order valence-electron chi connectivity index (χ1n) is 8.62. The zero-order valence-corrected chi connectivity index (χ0v) is 16.0. The van der Waals surface area contributed by atoms with Crippen molar-refractivity contribution in [1.82, 2.24) is 5.32 Å². The van der Waals surface area contributed by atoms with Gasteiger partial charge in [-0.05, 0) is 49.7 Å². The third kappa shape index (κ3) is 5.89. The van der Waals surface area contributed by atoms with E-state index in [4.69, 9.17) is 21.1 Å². The second-order valence-corrected chi connectivity index (χ2v) is 6.14. The molecule has 1 atom stereocenters. The second-order valence-electron chi connectivity index (χ2n) is 5.70. The Labute approximate surface area is 163 Å². The van der Waals surface area contributed by atoms with E-state index in [1.165, 1.54) is 0 Å². The fourth-order valence-corrected chi connectivity index (χ4v) is 2.68. The average Bonchev–Trinajstić information content (AvgIpc) is 2.63. The number of carboxylic acids is 1. The van der Waals surface area contributed by atoms with Crippen molar-refractivity contribution in [2.24, 2.45) is 0 Å². The first-order valence-corrected chi connectivity index (χ1v) is 9.00. The van der Waals surface area contributed by atoms with Crippen LogP contribution in [0.25, 0.3) is 0 Å². The van der Waals surface area contributed by atoms with E-state index >= 15 is 0 Å². The highest BCUT2D eigenvalue weighted by molar-refractivity contribution is 6.30. The lowest BCUT2D eigenvalue weighted by molar-refractivity contribution is -0.137. The quantitative estimate of drug-likeness (QED) is 0.672. The van der Waals surface area contributed by atoms with E-state index in [0.717, 1.165) is 0 Å². The van der Waals surface area contributed by atoms with E-state index in [1.807, 2.05) is 13.8 Å². The molecule has 0 fully saturated rings. The van der Waals surface area contributed by atoms with E-state index in [9.17, 15) is 14.7 Å². The van der Waals surface area contributed by atoms with E-state index in [1.54, 1.807) is 42.5 Å². The molecule has 0 aliphatic heterocycles. The van der Waals surface area contributed by atoms with Gasteiger partial charge in [-0.15, -0.1) is 0 Å². The Hall–Kier alpha value is -2.73. The maximum atomic E-state index is 12.7. The predicted octanol–water partition coefficient (Wildman–Crippen LogP) is 4.08. The number of halogens is 1. The summed E-state index contributed by atoms with van der Waals surface area (Å²) in [6, 6.07) is 10.9. The molecule has 0 saturated carbocycles. The predicted molar refractivity (Wildman–Crippen MR) is 103 cm³/mol. The van der Waals surface area contributed by atoms with Gasteiger partial charge in [-0.3, -0.25) is 9.59 Å². The van der Waals surface area contributed by atoms with Gasteiger partial charge in [0.25, 0.3) is 5.91 Å². The Morgan fingerprint density at radius 2 is 1.67 bits per heavy atom. The molecule has 0 bridgehead atoms. The van der Waals surface area contributed by atoms with Crippen LogP contribution in [0.2, 0.25) is 5.02 Å². The van der Waals surface area contributed by atoms with Gasteiger partial charge in [-0.25, -0.2) is 0 Å². The van der Waals surface area contributed by atoms with Gasteiger partial charge in [-0.2, -0.15) is 0 Å². The lowest BCUT2D eigenvalue weighted by Crippen LogP contribution is -2.30. The molecule has 0 aliphatic carbocycles. The van der Waals surface area contributed by atoms with Crippen molar-refractivity contribution in [2.75, 3.05) is 13.2 Å². The first-order chi connectivity index (χ1) is 12.9. The number of carbonyl (C=O) groups is 2. The zero-order chi connectivity index (χ0) is 19.8. The molecule has 2 aromatic carbocycles. The van der Waals surface area contributed by atoms with Crippen molar-refractivity contribution < 1.29 is 24.2 Å². The fourth-order valence-electron chi connectivity index (χ4n) is 2.56. The summed E-state index contributed by atoms with van der Waals surface area (Å²) in [4.78, 5) is 23.9. The van der Waals surface area contributed by atoms with Crippen molar-refractivity contribution in [2.45, 2.75) is 26.3 Å². The number of ether oxygens (including phenoxy) is 2. The third-order valence-corrected chi connectivity index (χ3v) is 4.01. The number of carbonyl (C=O) groups excluding carboxylic acids is 1. The number of benzene rings is 2. The zero-order valence-electron chi connectivity index (χ0n) is 15.2. The van der Waals surface area contributed by atoms with Gasteiger partial charge < -0.3 is 19.9 Å². The molecule has 0 heterocycles. The van der Waals surface area contributed by atoms with Gasteiger partial charge in [0.2, 0.25) is 0 Å². The number of rotatable bonds is 9. The standard InChI is InChI=1S/C20H22ClNO5/c1-3-26-17-10-7-14(11-18(17)27-4-2)20(25)22-16(12-19(23)24)13-5-8-15(21)9-6-13/h5-11,16H,3-4,12H2,1-2H3,(H,22,25)(H,23,24)/t16-/m1/s1. The van der Waals surface area contributed by atoms with Crippen LogP contribution in [-0.4, -0.2) is 30.2 Å². The van der Waals surface area contributed by atoms with Crippen LogP contribution >= 0.6 is 11.6 Å². The molecule has 6 nitrogen and oxygen atoms in total. The van der Waals surface area contributed by atoms with Crippen molar-refractivity contribution >= 4 is 23.5 Å². The summed E-state index contributed by atoms with van der Waals surface area (Å²) in [5, 5.41) is 12.5. The molecule has 0 aliphatic rings. The molecule has 1 amide bonds. The van der Waals surface area contributed by atoms with E-state index < -0.39 is 17.9 Å². The van der Waals surface area contributed by atoms with Crippen LogP contribution in [0.5, 0.6) is 11.5 Å². The molecule has 0 spiro atoms. The fraction of sp³-hybridized carbons (Fsp3) is 0.300. The molecule has 7 heteroatoms. The Morgan fingerprint density at radius 1 is 1.04 bits per heavy atom. The van der Waals surface area contributed by atoms with Crippen LogP contribution in [0.3, 0.4) is 0 Å². The molecule has 0 radical (unpaired) electrons. The summed E-state index contributed by atoms with van der Waals surface area (Å²) < 4.78 is 11.0. The molecule has 0 unspecified atom stereocenters. The summed E-state index contributed by atoms with van der Waals surface area (Å²) in [7, 11) is 0. The average molecular weight is 392 g/mol. The number of nitrogens with one attached hydrogen (secondary N) is 1. The Kier molecular flexibility index (Phi) is 7.49. The molecule has 2 N–H and O–H groups in total. The minimum atomic E-state index is -1.02. The summed E-state index contributed by atoms with van der Waals surface area (Å²) in [6.45, 7) is 4.60. The molecule has 0 aromatic heterocycles. The van der Waals surface area contributed by atoms with Gasteiger partial charge >= 0.3 is 5.97 Å². The summed E-state index contributed by atoms with van der Waals surface area (Å²) in [6.07, 6.45) is -0.247. The third-order valence-electron chi connectivity index (χ3n) is 3.76. The van der Waals surface area contributed by atoms with E-state index in [0.29, 0.717) is 40.9 Å². The van der Waals surface area contributed by atoms with Crippen molar-refractivity contribution in [3.63, 3.8) is 0 Å². The number of aliphatic carboxylic acids is 1. The summed E-state index contributed by atoms with van der Waals surface area (Å²) >= 11 is 5.88. The van der Waals surface area contributed by atoms with Gasteiger partial charge in [0.15, 0.2) is 11.5 Å². The first kappa shape index (κ1) is 20.6. The van der Waals surface area contributed by atoms with Crippen LogP contribution in [0.4, 0.5) is 0 Å². The van der Waals surface area contributed by atoms with Crippen molar-refractivity contribution in [3.8, 4) is 11.5 Å². The van der Waals surface area contributed by atoms with E-state index in [-0.39, 0.29) is 6.42 Å². The van der Waals surface area contributed by atoms with Crippen molar-refractivity contribution in [1.29, 1.82) is 0 Å². The normalized spacial score (nSPS) is 11.5. The largest absolute Gasteiger partial charge is 0.490 e. The lowest BCUT2D eigenvalue weighted by Gasteiger charge is -2.18. The van der Waals surface area contributed by atoms with Crippen molar-refractivity contribution in [3.05, 3.63) is 58.6 Å². The Morgan fingerprint density at radius 3 is 2.26 bits per heavy atom. The van der Waals surface area contributed by atoms with Gasteiger partial charge in [-0.1, -0.05) is 23.7 Å². The Balaban J connectivity index is 2.24. The van der Waals surface area contributed by atoms with Crippen LogP contribution in [-0.2, 0) is 4.79 Å². The molecular weight excluding hydrogens is 370 g/mol. The minimum Gasteiger partial charge on any atom is -0.490 e. The highest BCUT2D eigenvalue weighted by Gasteiger charge is 2.20. The number of hydrogen-bond acceptors (Lipinski definition) is 4. The number of amides is 1. The van der Waals surface area contributed by atoms with Crippen LogP contribution < -0.4 is 14.8 Å². The van der Waals surface area contributed by atoms with Gasteiger partial charge in [0.05, 0.1) is 25.7 Å². The number of hydrogen-bond donors (Lipinski definition) is 2. The number of carboxylic acid groups (broad SMARTS) is 1. The van der Waals surface area contributed by atoms with Gasteiger partial charge in [0, 0.05) is 10.6 Å². The molecule has 0 saturated heterocycles. The highest BCUT2D eigenvalue weighted by Crippen LogP contribution is 2.29. The van der Waals surface area contributed by atoms with E-state index in [2.05, 4.69) is 5.32 Å². The smallest absolute Gasteiger partial charge is 0.305 e. The maximum Gasteiger partial charge on any atom is 0.305 e. The van der Waals surface area contributed by atoms with Crippen LogP contribution in [0, 0.1) is 0 Å². The lowest BCUT2D eigenvalue weighted by atomic mass is 10.0. The second kappa shape index (κ2) is 9.83. The molecule has 2 aromatic rings.